The van der Waals surface area contributed by atoms with Crippen LogP contribution in [0.15, 0.2) is 60.7 Å². The van der Waals surface area contributed by atoms with Crippen LogP contribution in [-0.4, -0.2) is 23.9 Å². The molecule has 2 aromatic rings. The molecule has 2 aliphatic heterocycles. The summed E-state index contributed by atoms with van der Waals surface area (Å²) >= 11 is 0. The Morgan fingerprint density at radius 2 is 1.29 bits per heavy atom. The van der Waals surface area contributed by atoms with Crippen molar-refractivity contribution in [2.45, 2.75) is 76.5 Å². The normalized spacial score (nSPS) is 31.9. The summed E-state index contributed by atoms with van der Waals surface area (Å²) in [6.07, 6.45) is 1.39. The Bertz CT molecular complexity index is 744. The van der Waals surface area contributed by atoms with Crippen LogP contribution in [0.1, 0.15) is 63.7 Å². The highest BCUT2D eigenvalue weighted by Gasteiger charge is 2.55. The van der Waals surface area contributed by atoms with Crippen LogP contribution in [-0.2, 0) is 18.9 Å². The molecule has 2 aromatic carbocycles. The predicted molar refractivity (Wildman–Crippen MR) is 108 cm³/mol. The minimum Gasteiger partial charge on any atom is -0.342 e. The molecule has 2 heterocycles. The molecule has 0 saturated carbocycles. The molecule has 2 saturated heterocycles. The molecule has 5 atom stereocenters. The highest BCUT2D eigenvalue weighted by molar-refractivity contribution is 5.19. The number of benzene rings is 2. The maximum atomic E-state index is 6.60. The molecule has 0 spiro atoms. The van der Waals surface area contributed by atoms with Gasteiger partial charge in [0.2, 0.25) is 0 Å². The van der Waals surface area contributed by atoms with Crippen molar-refractivity contribution in [1.82, 2.24) is 0 Å². The smallest absolute Gasteiger partial charge is 0.185 e. The Hall–Kier alpha value is -1.72. The Morgan fingerprint density at radius 3 is 1.82 bits per heavy atom. The van der Waals surface area contributed by atoms with Gasteiger partial charge >= 0.3 is 0 Å². The van der Waals surface area contributed by atoms with Crippen molar-refractivity contribution in [3.8, 4) is 0 Å². The maximum absolute atomic E-state index is 6.60. The number of fused-ring (bicyclic) bond motifs is 1. The first-order valence-corrected chi connectivity index (χ1v) is 10.4. The molecular formula is C24H30O4. The molecule has 2 fully saturated rings. The third kappa shape index (κ3) is 3.50. The lowest BCUT2D eigenvalue weighted by Gasteiger charge is -2.54. The third-order valence-electron chi connectivity index (χ3n) is 6.12. The number of rotatable bonds is 5. The third-order valence-corrected chi connectivity index (χ3v) is 6.12. The van der Waals surface area contributed by atoms with Crippen LogP contribution >= 0.6 is 0 Å². The molecule has 5 unspecified atom stereocenters. The molecular weight excluding hydrogens is 352 g/mol. The van der Waals surface area contributed by atoms with Gasteiger partial charge in [0.25, 0.3) is 0 Å². The van der Waals surface area contributed by atoms with Gasteiger partial charge in [-0.3, -0.25) is 0 Å². The van der Waals surface area contributed by atoms with Crippen LogP contribution in [0.3, 0.4) is 0 Å². The largest absolute Gasteiger partial charge is 0.342 e. The molecule has 150 valence electrons. The van der Waals surface area contributed by atoms with Gasteiger partial charge in [0, 0.05) is 11.1 Å². The number of hydrogen-bond acceptors (Lipinski definition) is 4. The van der Waals surface area contributed by atoms with Crippen LogP contribution in [0.5, 0.6) is 0 Å². The van der Waals surface area contributed by atoms with E-state index in [0.717, 1.165) is 30.4 Å². The summed E-state index contributed by atoms with van der Waals surface area (Å²) < 4.78 is 25.9. The average Bonchev–Trinajstić information content (AvgIpc) is 2.78. The van der Waals surface area contributed by atoms with Crippen LogP contribution in [0, 0.1) is 0 Å². The van der Waals surface area contributed by atoms with Gasteiger partial charge in [-0.1, -0.05) is 81.4 Å². The highest BCUT2D eigenvalue weighted by atomic mass is 16.8. The summed E-state index contributed by atoms with van der Waals surface area (Å²) in [4.78, 5) is 0. The summed E-state index contributed by atoms with van der Waals surface area (Å²) in [6, 6.07) is 20.3. The zero-order valence-corrected chi connectivity index (χ0v) is 16.9. The number of hydrogen-bond donors (Lipinski definition) is 0. The zero-order valence-electron chi connectivity index (χ0n) is 16.9. The zero-order chi connectivity index (χ0) is 19.6. The minimum absolute atomic E-state index is 0.0449. The van der Waals surface area contributed by atoms with Crippen molar-refractivity contribution < 1.29 is 18.9 Å². The maximum Gasteiger partial charge on any atom is 0.185 e. The van der Waals surface area contributed by atoms with E-state index in [-0.39, 0.29) is 18.3 Å². The monoisotopic (exact) mass is 382 g/mol. The molecule has 0 N–H and O–H groups in total. The second-order valence-corrected chi connectivity index (χ2v) is 7.62. The molecule has 0 radical (unpaired) electrons. The standard InChI is InChI=1S/C24H30O4/c1-4-19-20-21(27-22(25-19)17-13-9-7-10-14-17)24(5-2,6-3)28-23(26-20)18-15-11-8-12-16-18/h7-16,19-23H,4-6H2,1-3H3. The lowest BCUT2D eigenvalue weighted by molar-refractivity contribution is -0.409. The van der Waals surface area contributed by atoms with Gasteiger partial charge < -0.3 is 18.9 Å². The van der Waals surface area contributed by atoms with Gasteiger partial charge in [-0.15, -0.1) is 0 Å². The van der Waals surface area contributed by atoms with Crippen molar-refractivity contribution in [2.75, 3.05) is 0 Å². The molecule has 4 heteroatoms. The Labute approximate surface area is 167 Å². The van der Waals surface area contributed by atoms with Crippen molar-refractivity contribution in [3.05, 3.63) is 71.8 Å². The first-order valence-electron chi connectivity index (χ1n) is 10.4. The van der Waals surface area contributed by atoms with E-state index in [0.29, 0.717) is 0 Å². The van der Waals surface area contributed by atoms with E-state index in [1.807, 2.05) is 36.4 Å². The Morgan fingerprint density at radius 1 is 0.714 bits per heavy atom. The Kier molecular flexibility index (Phi) is 5.83. The van der Waals surface area contributed by atoms with Crippen molar-refractivity contribution in [3.63, 3.8) is 0 Å². The second kappa shape index (κ2) is 8.34. The SMILES string of the molecule is CCC1OC(c2ccccc2)OC2C1OC(c1ccccc1)OC2(CC)CC. The lowest BCUT2D eigenvalue weighted by atomic mass is 9.82. The summed E-state index contributed by atoms with van der Waals surface area (Å²) in [6.45, 7) is 6.49. The first-order chi connectivity index (χ1) is 13.7. The van der Waals surface area contributed by atoms with Gasteiger partial charge in [-0.2, -0.15) is 0 Å². The molecule has 4 rings (SSSR count). The van der Waals surface area contributed by atoms with Crippen molar-refractivity contribution in [1.29, 1.82) is 0 Å². The van der Waals surface area contributed by atoms with E-state index in [4.69, 9.17) is 18.9 Å². The van der Waals surface area contributed by atoms with E-state index in [1.165, 1.54) is 0 Å². The van der Waals surface area contributed by atoms with Gasteiger partial charge in [0.1, 0.15) is 17.8 Å². The van der Waals surface area contributed by atoms with E-state index in [1.54, 1.807) is 0 Å². The minimum atomic E-state index is -0.409. The number of ether oxygens (including phenoxy) is 4. The van der Waals surface area contributed by atoms with Crippen LogP contribution in [0.25, 0.3) is 0 Å². The molecule has 28 heavy (non-hydrogen) atoms. The van der Waals surface area contributed by atoms with E-state index < -0.39 is 18.2 Å². The van der Waals surface area contributed by atoms with Gasteiger partial charge in [0.15, 0.2) is 12.6 Å². The molecule has 0 aromatic heterocycles. The highest BCUT2D eigenvalue weighted by Crippen LogP contribution is 2.47. The van der Waals surface area contributed by atoms with Gasteiger partial charge in [-0.05, 0) is 19.3 Å². The van der Waals surface area contributed by atoms with Crippen LogP contribution < -0.4 is 0 Å². The predicted octanol–water partition coefficient (Wildman–Crippen LogP) is 5.55. The summed E-state index contributed by atoms with van der Waals surface area (Å²) in [5.74, 6) is 0. The molecule has 2 aliphatic rings. The van der Waals surface area contributed by atoms with Crippen LogP contribution in [0.2, 0.25) is 0 Å². The fraction of sp³-hybridized carbons (Fsp3) is 0.500. The molecule has 4 nitrogen and oxygen atoms in total. The summed E-state index contributed by atoms with van der Waals surface area (Å²) in [5, 5.41) is 0. The van der Waals surface area contributed by atoms with E-state index in [9.17, 15) is 0 Å². The first kappa shape index (κ1) is 19.6. The van der Waals surface area contributed by atoms with Crippen molar-refractivity contribution >= 4 is 0 Å². The lowest BCUT2D eigenvalue weighted by Crippen LogP contribution is -2.63. The fourth-order valence-corrected chi connectivity index (χ4v) is 4.38. The van der Waals surface area contributed by atoms with Gasteiger partial charge in [0.05, 0.1) is 6.10 Å². The van der Waals surface area contributed by atoms with Crippen LogP contribution in [0.4, 0.5) is 0 Å². The van der Waals surface area contributed by atoms with Gasteiger partial charge in [-0.25, -0.2) is 0 Å². The van der Waals surface area contributed by atoms with E-state index >= 15 is 0 Å². The molecule has 0 bridgehead atoms. The summed E-state index contributed by atoms with van der Waals surface area (Å²) in [5.41, 5.74) is 1.66. The second-order valence-electron chi connectivity index (χ2n) is 7.62. The van der Waals surface area contributed by atoms with E-state index in [2.05, 4.69) is 45.0 Å². The summed E-state index contributed by atoms with van der Waals surface area (Å²) in [7, 11) is 0. The van der Waals surface area contributed by atoms with Crippen molar-refractivity contribution in [2.24, 2.45) is 0 Å². The molecule has 0 aliphatic carbocycles. The Balaban J connectivity index is 1.68. The quantitative estimate of drug-likeness (QED) is 0.679. The topological polar surface area (TPSA) is 36.9 Å². The molecule has 0 amide bonds. The fourth-order valence-electron chi connectivity index (χ4n) is 4.38. The average molecular weight is 383 g/mol.